The van der Waals surface area contributed by atoms with Gasteiger partial charge in [0.15, 0.2) is 0 Å². The number of anilines is 1. The van der Waals surface area contributed by atoms with E-state index in [1.54, 1.807) is 19.1 Å². The van der Waals surface area contributed by atoms with E-state index >= 15 is 0 Å². The van der Waals surface area contributed by atoms with E-state index in [-0.39, 0.29) is 37.3 Å². The van der Waals surface area contributed by atoms with Gasteiger partial charge in [-0.3, -0.25) is 24.6 Å². The number of esters is 1. The molecule has 11 heteroatoms. The molecule has 0 spiro atoms. The van der Waals surface area contributed by atoms with Crippen molar-refractivity contribution < 1.29 is 24.2 Å². The minimum Gasteiger partial charge on any atom is -0.480 e. The van der Waals surface area contributed by atoms with Gasteiger partial charge in [0, 0.05) is 10.6 Å². The summed E-state index contributed by atoms with van der Waals surface area (Å²) in [5.74, 6) is -1.49. The Labute approximate surface area is 193 Å². The third-order valence-electron chi connectivity index (χ3n) is 4.34. The molecule has 0 saturated heterocycles. The third-order valence-corrected chi connectivity index (χ3v) is 5.50. The lowest BCUT2D eigenvalue weighted by atomic mass is 10.1. The van der Waals surface area contributed by atoms with Crippen LogP contribution in [-0.2, 0) is 19.1 Å². The molecule has 1 aromatic rings. The average molecular weight is 482 g/mol. The molecule has 1 amide bonds. The van der Waals surface area contributed by atoms with Crippen molar-refractivity contribution in [3.63, 3.8) is 0 Å². The number of nitrogens with one attached hydrogen (secondary N) is 1. The average Bonchev–Trinajstić information content (AvgIpc) is 2.79. The molecular weight excluding hydrogens is 453 g/mol. The number of unbranched alkanes of at least 4 members (excludes halogenated alkanes) is 1. The van der Waals surface area contributed by atoms with Crippen LogP contribution < -0.4 is 16.0 Å². The van der Waals surface area contributed by atoms with Gasteiger partial charge < -0.3 is 15.6 Å². The second-order valence-corrected chi connectivity index (χ2v) is 7.47. The van der Waals surface area contributed by atoms with E-state index in [2.05, 4.69) is 5.32 Å². The number of fused-ring (bicyclic) bond motifs is 1. The predicted molar refractivity (Wildman–Crippen MR) is 122 cm³/mol. The quantitative estimate of drug-likeness (QED) is 0.342. The van der Waals surface area contributed by atoms with E-state index in [0.717, 1.165) is 17.7 Å². The molecule has 0 radical (unpaired) electrons. The third kappa shape index (κ3) is 7.96. The number of halogens is 2. The summed E-state index contributed by atoms with van der Waals surface area (Å²) in [4.78, 5) is 38.9. The van der Waals surface area contributed by atoms with E-state index in [4.69, 9.17) is 10.5 Å². The van der Waals surface area contributed by atoms with Crippen LogP contribution in [0.25, 0.3) is 0 Å². The van der Waals surface area contributed by atoms with Crippen molar-refractivity contribution in [2.45, 2.75) is 43.2 Å². The zero-order chi connectivity index (χ0) is 20.5. The number of para-hydroxylation sites is 1. The van der Waals surface area contributed by atoms with Crippen molar-refractivity contribution in [1.29, 1.82) is 0 Å². The Bertz CT molecular complexity index is 711. The first kappa shape index (κ1) is 28.5. The van der Waals surface area contributed by atoms with Crippen molar-refractivity contribution in [2.75, 3.05) is 30.3 Å². The number of amides is 1. The summed E-state index contributed by atoms with van der Waals surface area (Å²) in [5.41, 5.74) is 6.10. The summed E-state index contributed by atoms with van der Waals surface area (Å²) in [6.07, 6.45) is 1.98. The van der Waals surface area contributed by atoms with Gasteiger partial charge in [0.25, 0.3) is 0 Å². The van der Waals surface area contributed by atoms with Crippen molar-refractivity contribution in [3.05, 3.63) is 24.3 Å². The van der Waals surface area contributed by atoms with Gasteiger partial charge >= 0.3 is 11.9 Å². The minimum atomic E-state index is -1.10. The summed E-state index contributed by atoms with van der Waals surface area (Å²) in [6, 6.07) is 5.85. The molecule has 1 heterocycles. The molecule has 8 nitrogen and oxygen atoms in total. The van der Waals surface area contributed by atoms with Crippen LogP contribution in [0.2, 0.25) is 0 Å². The highest BCUT2D eigenvalue weighted by Gasteiger charge is 2.34. The number of aliphatic carboxylic acids is 1. The molecule has 1 unspecified atom stereocenters. The number of carboxylic acid groups (broad SMARTS) is 1. The normalized spacial score (nSPS) is 16.4. The fraction of sp³-hybridized carbons (Fsp3) is 0.526. The highest BCUT2D eigenvalue weighted by atomic mass is 35.5. The summed E-state index contributed by atoms with van der Waals surface area (Å²) in [5, 5.41) is 12.4. The molecule has 0 aliphatic carbocycles. The minimum absolute atomic E-state index is 0. The number of carboxylic acids is 1. The molecule has 0 aromatic heterocycles. The van der Waals surface area contributed by atoms with Crippen LogP contribution >= 0.6 is 36.6 Å². The molecule has 1 aromatic carbocycles. The van der Waals surface area contributed by atoms with Crippen LogP contribution in [-0.4, -0.2) is 60.5 Å². The highest BCUT2D eigenvalue weighted by Crippen LogP contribution is 2.34. The van der Waals surface area contributed by atoms with E-state index in [1.165, 1.54) is 16.7 Å². The number of benzene rings is 1. The second-order valence-electron chi connectivity index (χ2n) is 6.41. The van der Waals surface area contributed by atoms with Gasteiger partial charge in [0.1, 0.15) is 12.6 Å². The first-order valence-electron chi connectivity index (χ1n) is 9.35. The summed E-state index contributed by atoms with van der Waals surface area (Å²) >= 11 is 1.46. The molecule has 170 valence electrons. The van der Waals surface area contributed by atoms with E-state index in [9.17, 15) is 19.5 Å². The molecule has 2 rings (SSSR count). The number of thioether (sulfide) groups is 1. The van der Waals surface area contributed by atoms with E-state index < -0.39 is 30.6 Å². The van der Waals surface area contributed by atoms with Crippen molar-refractivity contribution >= 4 is 60.1 Å². The van der Waals surface area contributed by atoms with Crippen LogP contribution in [0.5, 0.6) is 0 Å². The number of carbonyl (C=O) groups excluding carboxylic acids is 2. The van der Waals surface area contributed by atoms with Gasteiger partial charge in [0.2, 0.25) is 5.91 Å². The number of nitrogens with two attached hydrogens (primary N) is 1. The Balaban J connectivity index is 0.00000420. The molecule has 0 saturated carbocycles. The van der Waals surface area contributed by atoms with Crippen molar-refractivity contribution in [1.82, 2.24) is 5.32 Å². The topological polar surface area (TPSA) is 122 Å². The number of hydrogen-bond acceptors (Lipinski definition) is 7. The van der Waals surface area contributed by atoms with Crippen LogP contribution in [0.3, 0.4) is 0 Å². The fourth-order valence-corrected chi connectivity index (χ4v) is 4.10. The number of rotatable bonds is 10. The van der Waals surface area contributed by atoms with Gasteiger partial charge in [-0.25, -0.2) is 0 Å². The lowest BCUT2D eigenvalue weighted by Crippen LogP contribution is -2.54. The highest BCUT2D eigenvalue weighted by molar-refractivity contribution is 7.99. The van der Waals surface area contributed by atoms with Gasteiger partial charge in [-0.15, -0.1) is 36.6 Å². The first-order valence-corrected chi connectivity index (χ1v) is 10.3. The van der Waals surface area contributed by atoms with E-state index in [0.29, 0.717) is 24.4 Å². The lowest BCUT2D eigenvalue weighted by Gasteiger charge is -2.27. The second kappa shape index (κ2) is 14.5. The monoisotopic (exact) mass is 481 g/mol. The van der Waals surface area contributed by atoms with E-state index in [1.807, 2.05) is 12.1 Å². The van der Waals surface area contributed by atoms with Gasteiger partial charge in [-0.05, 0) is 38.4 Å². The Morgan fingerprint density at radius 1 is 1.33 bits per heavy atom. The Hall–Kier alpha value is -1.52. The number of hydrogen-bond donors (Lipinski definition) is 3. The molecule has 1 aliphatic rings. The molecule has 30 heavy (non-hydrogen) atoms. The maximum Gasteiger partial charge on any atom is 0.323 e. The van der Waals surface area contributed by atoms with Gasteiger partial charge in [-0.2, -0.15) is 0 Å². The SMILES string of the molecule is CCOC(=O)[C@@H](CCCCN)NC1CSc2ccccc2N(CC(=O)O)C1=O.Cl.Cl. The van der Waals surface area contributed by atoms with Crippen LogP contribution in [0.4, 0.5) is 5.69 Å². The maximum absolute atomic E-state index is 13.1. The smallest absolute Gasteiger partial charge is 0.323 e. The largest absolute Gasteiger partial charge is 0.480 e. The first-order chi connectivity index (χ1) is 13.5. The van der Waals surface area contributed by atoms with Crippen LogP contribution in [0, 0.1) is 0 Å². The summed E-state index contributed by atoms with van der Waals surface area (Å²) in [6.45, 7) is 2.06. The van der Waals surface area contributed by atoms with Crippen LogP contribution in [0.1, 0.15) is 26.2 Å². The van der Waals surface area contributed by atoms with Crippen LogP contribution in [0.15, 0.2) is 29.2 Å². The standard InChI is InChI=1S/C19H27N3O5S.2ClH/c1-2-27-19(26)13(7-5-6-10-20)21-14-12-28-16-9-4-3-8-15(16)22(18(14)25)11-17(23)24;;/h3-4,8-9,13-14,21H,2,5-7,10-12,20H2,1H3,(H,23,24);2*1H/t13-,14?;;/m1../s1. The van der Waals surface area contributed by atoms with Gasteiger partial charge in [0.05, 0.1) is 18.3 Å². The number of carbonyl (C=O) groups is 3. The molecule has 4 N–H and O–H groups in total. The van der Waals surface area contributed by atoms with Crippen molar-refractivity contribution in [3.8, 4) is 0 Å². The summed E-state index contributed by atoms with van der Waals surface area (Å²) in [7, 11) is 0. The molecule has 2 atom stereocenters. The Kier molecular flexibility index (Phi) is 13.7. The maximum atomic E-state index is 13.1. The van der Waals surface area contributed by atoms with Gasteiger partial charge in [-0.1, -0.05) is 18.6 Å². The molecular formula is C19H29Cl2N3O5S. The number of nitrogens with zero attached hydrogens (tertiary/aromatic N) is 1. The lowest BCUT2D eigenvalue weighted by molar-refractivity contribution is -0.146. The predicted octanol–water partition coefficient (Wildman–Crippen LogP) is 2.07. The Morgan fingerprint density at radius 3 is 2.67 bits per heavy atom. The molecule has 0 fully saturated rings. The molecule has 0 bridgehead atoms. The molecule has 1 aliphatic heterocycles. The zero-order valence-electron chi connectivity index (χ0n) is 16.7. The summed E-state index contributed by atoms with van der Waals surface area (Å²) < 4.78 is 5.14. The zero-order valence-corrected chi connectivity index (χ0v) is 19.2. The Morgan fingerprint density at radius 2 is 2.03 bits per heavy atom. The number of ether oxygens (including phenoxy) is 1. The van der Waals surface area contributed by atoms with Crippen molar-refractivity contribution in [2.24, 2.45) is 5.73 Å². The fourth-order valence-electron chi connectivity index (χ4n) is 3.02.